The normalized spacial score (nSPS) is 16.5. The zero-order valence-corrected chi connectivity index (χ0v) is 14.0. The molecule has 4 N–H and O–H groups in total. The molecule has 0 aromatic heterocycles. The summed E-state index contributed by atoms with van der Waals surface area (Å²) < 4.78 is 5.52. The van der Waals surface area contributed by atoms with Crippen LogP contribution in [-0.4, -0.2) is 30.3 Å². The van der Waals surface area contributed by atoms with E-state index in [4.69, 9.17) is 17.0 Å². The molecule has 1 heterocycles. The topological polar surface area (TPSA) is 74.4 Å². The molecule has 0 spiro atoms. The summed E-state index contributed by atoms with van der Waals surface area (Å²) in [5.74, 6) is -0.113. The maximum absolute atomic E-state index is 11.1. The molecule has 1 aromatic rings. The molecule has 6 nitrogen and oxygen atoms in total. The molecule has 0 saturated carbocycles. The minimum Gasteiger partial charge on any atom is -0.376 e. The van der Waals surface area contributed by atoms with Gasteiger partial charge in [-0.2, -0.15) is 0 Å². The second-order valence-corrected chi connectivity index (χ2v) is 5.74. The molecular weight excluding hydrogens is 312 g/mol. The lowest BCUT2D eigenvalue weighted by Gasteiger charge is -2.16. The minimum absolute atomic E-state index is 0.113. The van der Waals surface area contributed by atoms with Gasteiger partial charge in [0.1, 0.15) is 0 Å². The molecule has 1 fully saturated rings. The highest BCUT2D eigenvalue weighted by molar-refractivity contribution is 7.80. The van der Waals surface area contributed by atoms with E-state index in [0.717, 1.165) is 30.7 Å². The molecule has 1 aliphatic heterocycles. The SMILES string of the molecule is C=C(NNC(=S)NC[C@H]1CCCO1)c1cccc(NC(C)=O)c1. The average Bonchev–Trinajstić information content (AvgIpc) is 3.03. The average molecular weight is 334 g/mol. The van der Waals surface area contributed by atoms with Crippen LogP contribution in [0.15, 0.2) is 30.8 Å². The molecule has 1 atom stereocenters. The Morgan fingerprint density at radius 2 is 2.26 bits per heavy atom. The number of benzene rings is 1. The molecule has 0 bridgehead atoms. The van der Waals surface area contributed by atoms with E-state index in [1.165, 1.54) is 6.92 Å². The Morgan fingerprint density at radius 3 is 2.96 bits per heavy atom. The van der Waals surface area contributed by atoms with Gasteiger partial charge < -0.3 is 15.4 Å². The van der Waals surface area contributed by atoms with Crippen LogP contribution in [0.4, 0.5) is 5.69 Å². The van der Waals surface area contributed by atoms with E-state index < -0.39 is 0 Å². The smallest absolute Gasteiger partial charge is 0.221 e. The zero-order chi connectivity index (χ0) is 16.7. The Labute approximate surface area is 141 Å². The standard InChI is InChI=1S/C16H22N4O2S/c1-11(13-5-3-6-14(9-13)18-12(2)21)19-20-16(23)17-10-15-7-4-8-22-15/h3,5-6,9,15,19H,1,4,7-8,10H2,2H3,(H,18,21)(H2,17,20,23)/t15-/m1/s1. The van der Waals surface area contributed by atoms with Gasteiger partial charge in [-0.1, -0.05) is 18.7 Å². The fourth-order valence-electron chi connectivity index (χ4n) is 2.25. The van der Waals surface area contributed by atoms with E-state index >= 15 is 0 Å². The van der Waals surface area contributed by atoms with Crippen molar-refractivity contribution < 1.29 is 9.53 Å². The molecular formula is C16H22N4O2S. The fourth-order valence-corrected chi connectivity index (χ4v) is 2.38. The van der Waals surface area contributed by atoms with E-state index in [0.29, 0.717) is 17.4 Å². The first-order valence-corrected chi connectivity index (χ1v) is 7.94. The molecule has 1 saturated heterocycles. The number of rotatable bonds is 6. The summed E-state index contributed by atoms with van der Waals surface area (Å²) >= 11 is 5.20. The quantitative estimate of drug-likeness (QED) is 0.469. The van der Waals surface area contributed by atoms with Gasteiger partial charge in [-0.25, -0.2) is 0 Å². The van der Waals surface area contributed by atoms with E-state index in [2.05, 4.69) is 28.1 Å². The molecule has 124 valence electrons. The third-order valence-electron chi connectivity index (χ3n) is 3.37. The van der Waals surface area contributed by atoms with Crippen molar-refractivity contribution in [1.82, 2.24) is 16.2 Å². The predicted molar refractivity (Wildman–Crippen MR) is 95.6 cm³/mol. The molecule has 0 unspecified atom stereocenters. The summed E-state index contributed by atoms with van der Waals surface area (Å²) in [7, 11) is 0. The molecule has 1 amide bonds. The van der Waals surface area contributed by atoms with Gasteiger partial charge in [-0.15, -0.1) is 0 Å². The first-order chi connectivity index (χ1) is 11.0. The Kier molecular flexibility index (Phi) is 6.37. The van der Waals surface area contributed by atoms with E-state index in [-0.39, 0.29) is 12.0 Å². The number of hydrogen-bond acceptors (Lipinski definition) is 4. The van der Waals surface area contributed by atoms with E-state index in [1.807, 2.05) is 24.3 Å². The Balaban J connectivity index is 1.77. The van der Waals surface area contributed by atoms with Crippen molar-refractivity contribution in [2.24, 2.45) is 0 Å². The van der Waals surface area contributed by atoms with Gasteiger partial charge in [0.2, 0.25) is 5.91 Å². The van der Waals surface area contributed by atoms with Crippen LogP contribution in [-0.2, 0) is 9.53 Å². The van der Waals surface area contributed by atoms with Crippen molar-refractivity contribution in [3.63, 3.8) is 0 Å². The first kappa shape index (κ1) is 17.2. The number of hydrogen-bond donors (Lipinski definition) is 4. The van der Waals surface area contributed by atoms with Gasteiger partial charge in [-0.05, 0) is 37.2 Å². The monoisotopic (exact) mass is 334 g/mol. The summed E-state index contributed by atoms with van der Waals surface area (Å²) in [5.41, 5.74) is 8.07. The largest absolute Gasteiger partial charge is 0.376 e. The number of thiocarbonyl (C=S) groups is 1. The van der Waals surface area contributed by atoms with E-state index in [9.17, 15) is 4.79 Å². The first-order valence-electron chi connectivity index (χ1n) is 7.53. The molecule has 2 rings (SSSR count). The molecule has 1 aromatic carbocycles. The van der Waals surface area contributed by atoms with Gasteiger partial charge in [0.05, 0.1) is 11.8 Å². The van der Waals surface area contributed by atoms with Crippen LogP contribution in [0.25, 0.3) is 5.70 Å². The predicted octanol–water partition coefficient (Wildman–Crippen LogP) is 1.76. The van der Waals surface area contributed by atoms with Gasteiger partial charge >= 0.3 is 0 Å². The fraction of sp³-hybridized carbons (Fsp3) is 0.375. The maximum Gasteiger partial charge on any atom is 0.221 e. The minimum atomic E-state index is -0.113. The Hall–Kier alpha value is -2.12. The van der Waals surface area contributed by atoms with Crippen LogP contribution in [0.1, 0.15) is 25.3 Å². The zero-order valence-electron chi connectivity index (χ0n) is 13.1. The van der Waals surface area contributed by atoms with Gasteiger partial charge in [-0.3, -0.25) is 15.6 Å². The van der Waals surface area contributed by atoms with Crippen molar-refractivity contribution in [2.75, 3.05) is 18.5 Å². The Morgan fingerprint density at radius 1 is 1.43 bits per heavy atom. The molecule has 1 aliphatic rings. The molecule has 23 heavy (non-hydrogen) atoms. The van der Waals surface area contributed by atoms with E-state index in [1.54, 1.807) is 0 Å². The number of nitrogens with one attached hydrogen (secondary N) is 4. The number of carbonyl (C=O) groups is 1. The van der Waals surface area contributed by atoms with Crippen molar-refractivity contribution >= 4 is 34.6 Å². The lowest BCUT2D eigenvalue weighted by molar-refractivity contribution is -0.114. The maximum atomic E-state index is 11.1. The second-order valence-electron chi connectivity index (χ2n) is 5.34. The number of amides is 1. The lowest BCUT2D eigenvalue weighted by Crippen LogP contribution is -2.45. The van der Waals surface area contributed by atoms with Crippen LogP contribution >= 0.6 is 12.2 Å². The third-order valence-corrected chi connectivity index (χ3v) is 3.62. The van der Waals surface area contributed by atoms with Crippen LogP contribution in [0, 0.1) is 0 Å². The Bertz CT molecular complexity index is 585. The number of anilines is 1. The van der Waals surface area contributed by atoms with Gasteiger partial charge in [0, 0.05) is 31.3 Å². The summed E-state index contributed by atoms with van der Waals surface area (Å²) in [6.45, 7) is 6.95. The van der Waals surface area contributed by atoms with Crippen LogP contribution in [0.5, 0.6) is 0 Å². The van der Waals surface area contributed by atoms with Gasteiger partial charge in [0.15, 0.2) is 5.11 Å². The summed E-state index contributed by atoms with van der Waals surface area (Å²) in [6, 6.07) is 7.40. The number of ether oxygens (including phenoxy) is 1. The highest BCUT2D eigenvalue weighted by atomic mass is 32.1. The van der Waals surface area contributed by atoms with Gasteiger partial charge in [0.25, 0.3) is 0 Å². The van der Waals surface area contributed by atoms with Crippen LogP contribution in [0.2, 0.25) is 0 Å². The molecule has 0 radical (unpaired) electrons. The van der Waals surface area contributed by atoms with Crippen molar-refractivity contribution in [3.05, 3.63) is 36.4 Å². The van der Waals surface area contributed by atoms with Crippen molar-refractivity contribution in [3.8, 4) is 0 Å². The highest BCUT2D eigenvalue weighted by Crippen LogP contribution is 2.15. The second kappa shape index (κ2) is 8.50. The summed E-state index contributed by atoms with van der Waals surface area (Å²) in [6.07, 6.45) is 2.39. The van der Waals surface area contributed by atoms with Crippen LogP contribution < -0.4 is 21.5 Å². The van der Waals surface area contributed by atoms with Crippen molar-refractivity contribution in [1.29, 1.82) is 0 Å². The van der Waals surface area contributed by atoms with Crippen molar-refractivity contribution in [2.45, 2.75) is 25.9 Å². The number of carbonyl (C=O) groups excluding carboxylic acids is 1. The van der Waals surface area contributed by atoms with Crippen LogP contribution in [0.3, 0.4) is 0 Å². The highest BCUT2D eigenvalue weighted by Gasteiger charge is 2.15. The lowest BCUT2D eigenvalue weighted by atomic mass is 10.1. The summed E-state index contributed by atoms with van der Waals surface area (Å²) in [4.78, 5) is 11.1. The number of hydrazine groups is 1. The third kappa shape index (κ3) is 5.88. The summed E-state index contributed by atoms with van der Waals surface area (Å²) in [5, 5.41) is 6.33. The molecule has 0 aliphatic carbocycles. The molecule has 7 heteroatoms.